The average molecular weight is 174 g/mol. The Hall–Kier alpha value is -1.59. The minimum atomic E-state index is -1.05. The summed E-state index contributed by atoms with van der Waals surface area (Å²) in [5, 5.41) is 2.04. The van der Waals surface area contributed by atoms with E-state index in [0.29, 0.717) is 0 Å². The maximum atomic E-state index is 10.7. The van der Waals surface area contributed by atoms with Crippen molar-refractivity contribution >= 4 is 17.8 Å². The lowest BCUT2D eigenvalue weighted by Gasteiger charge is -2.07. The van der Waals surface area contributed by atoms with Crippen molar-refractivity contribution in [2.24, 2.45) is 5.73 Å². The Morgan fingerprint density at radius 2 is 1.92 bits per heavy atom. The maximum Gasteiger partial charge on any atom is 0.396 e. The molecule has 0 aliphatic carbocycles. The molecule has 0 aliphatic heterocycles. The van der Waals surface area contributed by atoms with E-state index in [2.05, 4.69) is 4.74 Å². The van der Waals surface area contributed by atoms with Crippen molar-refractivity contribution in [3.63, 3.8) is 0 Å². The fourth-order valence-electron chi connectivity index (χ4n) is 0.419. The highest BCUT2D eigenvalue weighted by Crippen LogP contribution is 1.80. The summed E-state index contributed by atoms with van der Waals surface area (Å²) in [5.41, 5.74) is 4.82. The van der Waals surface area contributed by atoms with Crippen LogP contribution < -0.4 is 11.1 Å². The van der Waals surface area contributed by atoms with Crippen LogP contribution in [0, 0.1) is 0 Å². The Morgan fingerprint density at radius 3 is 2.25 bits per heavy atom. The smallest absolute Gasteiger partial charge is 0.396 e. The van der Waals surface area contributed by atoms with Gasteiger partial charge in [0.1, 0.15) is 6.04 Å². The van der Waals surface area contributed by atoms with Gasteiger partial charge in [-0.1, -0.05) is 0 Å². The van der Waals surface area contributed by atoms with Crippen molar-refractivity contribution in [3.05, 3.63) is 0 Å². The second-order valence-corrected chi connectivity index (χ2v) is 2.09. The summed E-state index contributed by atoms with van der Waals surface area (Å²) < 4.78 is 4.09. The van der Waals surface area contributed by atoms with Gasteiger partial charge in [-0.15, -0.1) is 0 Å². The first-order valence-electron chi connectivity index (χ1n) is 3.17. The van der Waals surface area contributed by atoms with Crippen LogP contribution in [0.1, 0.15) is 6.92 Å². The van der Waals surface area contributed by atoms with Gasteiger partial charge in [-0.2, -0.15) is 0 Å². The maximum absolute atomic E-state index is 10.7. The molecule has 0 spiro atoms. The molecule has 0 saturated carbocycles. The van der Waals surface area contributed by atoms with Gasteiger partial charge in [0, 0.05) is 0 Å². The highest BCUT2D eigenvalue weighted by Gasteiger charge is 2.18. The number of esters is 1. The van der Waals surface area contributed by atoms with Crippen molar-refractivity contribution in [2.75, 3.05) is 7.11 Å². The van der Waals surface area contributed by atoms with Crippen molar-refractivity contribution in [2.45, 2.75) is 13.0 Å². The largest absolute Gasteiger partial charge is 0.462 e. The fourth-order valence-corrected chi connectivity index (χ4v) is 0.419. The molecule has 6 nitrogen and oxygen atoms in total. The number of carbonyl (C=O) groups is 3. The van der Waals surface area contributed by atoms with Crippen LogP contribution in [-0.2, 0) is 19.1 Å². The first kappa shape index (κ1) is 10.4. The van der Waals surface area contributed by atoms with Crippen LogP contribution in [0.15, 0.2) is 0 Å². The molecule has 0 rings (SSSR count). The van der Waals surface area contributed by atoms with Crippen LogP contribution in [0.5, 0.6) is 0 Å². The van der Waals surface area contributed by atoms with Gasteiger partial charge in [0.25, 0.3) is 0 Å². The molecule has 0 fully saturated rings. The molecule has 6 heteroatoms. The van der Waals surface area contributed by atoms with Crippen molar-refractivity contribution in [3.8, 4) is 0 Å². The highest BCUT2D eigenvalue weighted by atomic mass is 16.5. The lowest BCUT2D eigenvalue weighted by atomic mass is 10.3. The molecule has 68 valence electrons. The SMILES string of the molecule is COC(=O)C(=O)NC(C)C(N)=O. The quantitative estimate of drug-likeness (QED) is 0.379. The molecule has 0 bridgehead atoms. The standard InChI is InChI=1S/C6H10N2O4/c1-3(4(7)9)8-5(10)6(11)12-2/h3H,1-2H3,(H2,7,9)(H,8,10). The van der Waals surface area contributed by atoms with Crippen LogP contribution in [0.2, 0.25) is 0 Å². The zero-order valence-electron chi connectivity index (χ0n) is 6.79. The van der Waals surface area contributed by atoms with Gasteiger partial charge < -0.3 is 15.8 Å². The molecule has 1 unspecified atom stereocenters. The van der Waals surface area contributed by atoms with Gasteiger partial charge in [0.05, 0.1) is 7.11 Å². The molecule has 0 radical (unpaired) electrons. The van der Waals surface area contributed by atoms with E-state index in [0.717, 1.165) is 7.11 Å². The van der Waals surface area contributed by atoms with Gasteiger partial charge in [0.2, 0.25) is 5.91 Å². The van der Waals surface area contributed by atoms with Crippen molar-refractivity contribution in [1.29, 1.82) is 0 Å². The summed E-state index contributed by atoms with van der Waals surface area (Å²) in [7, 11) is 1.07. The molecular weight excluding hydrogens is 164 g/mol. The average Bonchev–Trinajstić information content (AvgIpc) is 2.02. The van der Waals surface area contributed by atoms with Gasteiger partial charge in [-0.05, 0) is 6.92 Å². The summed E-state index contributed by atoms with van der Waals surface area (Å²) in [6, 6.07) is -0.878. The van der Waals surface area contributed by atoms with Gasteiger partial charge in [-0.3, -0.25) is 9.59 Å². The summed E-state index contributed by atoms with van der Waals surface area (Å²) in [6.45, 7) is 1.36. The van der Waals surface area contributed by atoms with Crippen LogP contribution >= 0.6 is 0 Å². The lowest BCUT2D eigenvalue weighted by Crippen LogP contribution is -2.45. The van der Waals surface area contributed by atoms with Gasteiger partial charge >= 0.3 is 11.9 Å². The predicted octanol–water partition coefficient (Wildman–Crippen LogP) is -1.85. The van der Waals surface area contributed by atoms with Gasteiger partial charge in [-0.25, -0.2) is 4.79 Å². The third-order valence-electron chi connectivity index (χ3n) is 1.15. The monoisotopic (exact) mass is 174 g/mol. The number of primary amides is 1. The molecule has 0 aromatic heterocycles. The minimum absolute atomic E-state index is 0.716. The minimum Gasteiger partial charge on any atom is -0.462 e. The number of nitrogens with one attached hydrogen (secondary N) is 1. The molecule has 0 aromatic rings. The van der Waals surface area contributed by atoms with E-state index in [4.69, 9.17) is 5.73 Å². The number of carbonyl (C=O) groups excluding carboxylic acids is 3. The van der Waals surface area contributed by atoms with E-state index < -0.39 is 23.8 Å². The molecule has 12 heavy (non-hydrogen) atoms. The summed E-state index contributed by atoms with van der Waals surface area (Å²) >= 11 is 0. The Bertz CT molecular complexity index is 214. The zero-order valence-corrected chi connectivity index (χ0v) is 6.79. The van der Waals surface area contributed by atoms with Crippen LogP contribution in [0.4, 0.5) is 0 Å². The van der Waals surface area contributed by atoms with Crippen molar-refractivity contribution < 1.29 is 19.1 Å². The fraction of sp³-hybridized carbons (Fsp3) is 0.500. The number of amides is 2. The van der Waals surface area contributed by atoms with E-state index >= 15 is 0 Å². The van der Waals surface area contributed by atoms with Crippen LogP contribution in [-0.4, -0.2) is 30.9 Å². The molecule has 0 heterocycles. The van der Waals surface area contributed by atoms with E-state index in [1.165, 1.54) is 6.92 Å². The summed E-state index contributed by atoms with van der Waals surface area (Å²) in [4.78, 5) is 31.6. The highest BCUT2D eigenvalue weighted by molar-refractivity contribution is 6.32. The second kappa shape index (κ2) is 4.32. The second-order valence-electron chi connectivity index (χ2n) is 2.09. The molecule has 0 aromatic carbocycles. The number of ether oxygens (including phenoxy) is 1. The predicted molar refractivity (Wildman–Crippen MR) is 38.8 cm³/mol. The number of rotatable bonds is 2. The summed E-state index contributed by atoms with van der Waals surface area (Å²) in [6.07, 6.45) is 0. The molecule has 1 atom stereocenters. The Morgan fingerprint density at radius 1 is 1.42 bits per heavy atom. The molecule has 0 saturated heterocycles. The first-order chi connectivity index (χ1) is 5.49. The van der Waals surface area contributed by atoms with Gasteiger partial charge in [0.15, 0.2) is 0 Å². The number of nitrogens with two attached hydrogens (primary N) is 1. The van der Waals surface area contributed by atoms with Crippen molar-refractivity contribution in [1.82, 2.24) is 5.32 Å². The normalized spacial score (nSPS) is 11.5. The number of hydrogen-bond acceptors (Lipinski definition) is 4. The summed E-state index contributed by atoms with van der Waals surface area (Å²) in [5.74, 6) is -2.75. The molecule has 2 amide bonds. The number of hydrogen-bond donors (Lipinski definition) is 2. The van der Waals surface area contributed by atoms with E-state index in [1.54, 1.807) is 0 Å². The topological polar surface area (TPSA) is 98.5 Å². The molecular formula is C6H10N2O4. The lowest BCUT2D eigenvalue weighted by molar-refractivity contribution is -0.153. The molecule has 3 N–H and O–H groups in total. The van der Waals surface area contributed by atoms with E-state index in [1.807, 2.05) is 5.32 Å². The first-order valence-corrected chi connectivity index (χ1v) is 3.17. The third kappa shape index (κ3) is 3.00. The zero-order chi connectivity index (χ0) is 9.72. The Labute approximate surface area is 69.1 Å². The molecule has 0 aliphatic rings. The van der Waals surface area contributed by atoms with Crippen LogP contribution in [0.25, 0.3) is 0 Å². The van der Waals surface area contributed by atoms with E-state index in [9.17, 15) is 14.4 Å². The Balaban J connectivity index is 4.01. The van der Waals surface area contributed by atoms with Crippen LogP contribution in [0.3, 0.4) is 0 Å². The Kier molecular flexibility index (Phi) is 3.75. The van der Waals surface area contributed by atoms with E-state index in [-0.39, 0.29) is 0 Å². The third-order valence-corrected chi connectivity index (χ3v) is 1.15. The number of methoxy groups -OCH3 is 1.